The van der Waals surface area contributed by atoms with Crippen molar-refractivity contribution in [3.8, 4) is 0 Å². The minimum absolute atomic E-state index is 0.410. The third-order valence-corrected chi connectivity index (χ3v) is 1.42. The SMILES string of the molecule is COC(C(=O)O)c1ccccn1. The molecule has 12 heavy (non-hydrogen) atoms. The van der Waals surface area contributed by atoms with Crippen LogP contribution in [0.2, 0.25) is 0 Å². The molecule has 0 aliphatic carbocycles. The number of ether oxygens (including phenoxy) is 1. The van der Waals surface area contributed by atoms with E-state index in [0.29, 0.717) is 5.69 Å². The average Bonchev–Trinajstić information content (AvgIpc) is 2.07. The second-order valence-corrected chi connectivity index (χ2v) is 2.21. The number of carboxylic acid groups (broad SMARTS) is 1. The summed E-state index contributed by atoms with van der Waals surface area (Å²) in [7, 11) is 1.34. The predicted molar refractivity (Wildman–Crippen MR) is 41.6 cm³/mol. The minimum atomic E-state index is -1.03. The number of aliphatic carboxylic acids is 1. The summed E-state index contributed by atoms with van der Waals surface area (Å²) >= 11 is 0. The molecule has 1 aromatic rings. The molecule has 0 aliphatic heterocycles. The van der Waals surface area contributed by atoms with Crippen LogP contribution in [0, 0.1) is 0 Å². The van der Waals surface area contributed by atoms with Crippen LogP contribution >= 0.6 is 0 Å². The topological polar surface area (TPSA) is 59.4 Å². The first-order valence-corrected chi connectivity index (χ1v) is 3.42. The molecule has 0 radical (unpaired) electrons. The Morgan fingerprint density at radius 1 is 1.67 bits per heavy atom. The molecule has 64 valence electrons. The van der Waals surface area contributed by atoms with E-state index in [1.807, 2.05) is 0 Å². The monoisotopic (exact) mass is 167 g/mol. The van der Waals surface area contributed by atoms with E-state index in [1.54, 1.807) is 18.2 Å². The Balaban J connectivity index is 2.88. The largest absolute Gasteiger partial charge is 0.479 e. The van der Waals surface area contributed by atoms with Gasteiger partial charge in [-0.2, -0.15) is 0 Å². The summed E-state index contributed by atoms with van der Waals surface area (Å²) in [6, 6.07) is 5.05. The number of carboxylic acids is 1. The van der Waals surface area contributed by atoms with Crippen molar-refractivity contribution in [2.45, 2.75) is 6.10 Å². The summed E-state index contributed by atoms with van der Waals surface area (Å²) in [5, 5.41) is 8.66. The Hall–Kier alpha value is -1.42. The van der Waals surface area contributed by atoms with Gasteiger partial charge < -0.3 is 9.84 Å². The molecule has 0 saturated heterocycles. The van der Waals surface area contributed by atoms with Crippen LogP contribution in [0.25, 0.3) is 0 Å². The molecule has 4 nitrogen and oxygen atoms in total. The van der Waals surface area contributed by atoms with E-state index in [9.17, 15) is 4.79 Å². The van der Waals surface area contributed by atoms with Gasteiger partial charge in [-0.3, -0.25) is 4.98 Å². The van der Waals surface area contributed by atoms with Gasteiger partial charge in [0.15, 0.2) is 6.10 Å². The van der Waals surface area contributed by atoms with Gasteiger partial charge in [-0.25, -0.2) is 4.79 Å². The molecule has 0 aromatic carbocycles. The fraction of sp³-hybridized carbons (Fsp3) is 0.250. The van der Waals surface area contributed by atoms with Crippen molar-refractivity contribution in [3.63, 3.8) is 0 Å². The Bertz CT molecular complexity index is 260. The molecule has 0 fully saturated rings. The maximum atomic E-state index is 10.6. The maximum absolute atomic E-state index is 10.6. The predicted octanol–water partition coefficient (Wildman–Crippen LogP) is 0.854. The third-order valence-electron chi connectivity index (χ3n) is 1.42. The fourth-order valence-corrected chi connectivity index (χ4v) is 0.879. The highest BCUT2D eigenvalue weighted by molar-refractivity contribution is 5.73. The van der Waals surface area contributed by atoms with Gasteiger partial charge in [-0.05, 0) is 12.1 Å². The second kappa shape index (κ2) is 3.82. The molecule has 1 rings (SSSR count). The summed E-state index contributed by atoms with van der Waals surface area (Å²) in [5.74, 6) is -1.03. The van der Waals surface area contributed by atoms with Gasteiger partial charge in [0.05, 0.1) is 5.69 Å². The lowest BCUT2D eigenvalue weighted by Crippen LogP contribution is -2.14. The van der Waals surface area contributed by atoms with Crippen LogP contribution in [0.4, 0.5) is 0 Å². The number of hydrogen-bond acceptors (Lipinski definition) is 3. The van der Waals surface area contributed by atoms with Crippen molar-refractivity contribution in [3.05, 3.63) is 30.1 Å². The first kappa shape index (κ1) is 8.67. The zero-order valence-electron chi connectivity index (χ0n) is 6.60. The van der Waals surface area contributed by atoms with Gasteiger partial charge in [-0.1, -0.05) is 6.07 Å². The van der Waals surface area contributed by atoms with E-state index < -0.39 is 12.1 Å². The van der Waals surface area contributed by atoms with Crippen LogP contribution < -0.4 is 0 Å². The minimum Gasteiger partial charge on any atom is -0.479 e. The van der Waals surface area contributed by atoms with E-state index >= 15 is 0 Å². The molecule has 1 unspecified atom stereocenters. The van der Waals surface area contributed by atoms with E-state index in [1.165, 1.54) is 13.3 Å². The van der Waals surface area contributed by atoms with Crippen LogP contribution in [0.3, 0.4) is 0 Å². The third kappa shape index (κ3) is 1.79. The van der Waals surface area contributed by atoms with Gasteiger partial charge in [0, 0.05) is 13.3 Å². The van der Waals surface area contributed by atoms with Crippen LogP contribution in [-0.2, 0) is 9.53 Å². The first-order chi connectivity index (χ1) is 5.75. The second-order valence-electron chi connectivity index (χ2n) is 2.21. The number of pyridine rings is 1. The molecule has 0 amide bonds. The zero-order valence-corrected chi connectivity index (χ0v) is 6.60. The molecule has 1 atom stereocenters. The number of aromatic nitrogens is 1. The summed E-state index contributed by atoms with van der Waals surface area (Å²) < 4.78 is 4.74. The maximum Gasteiger partial charge on any atom is 0.339 e. The van der Waals surface area contributed by atoms with Crippen LogP contribution in [-0.4, -0.2) is 23.2 Å². The molecule has 0 saturated carbocycles. The quantitative estimate of drug-likeness (QED) is 0.725. The first-order valence-electron chi connectivity index (χ1n) is 3.42. The van der Waals surface area contributed by atoms with E-state index in [-0.39, 0.29) is 0 Å². The van der Waals surface area contributed by atoms with E-state index in [0.717, 1.165) is 0 Å². The van der Waals surface area contributed by atoms with Crippen molar-refractivity contribution < 1.29 is 14.6 Å². The van der Waals surface area contributed by atoms with Crippen molar-refractivity contribution in [2.24, 2.45) is 0 Å². The van der Waals surface area contributed by atoms with Crippen molar-refractivity contribution in [1.82, 2.24) is 4.98 Å². The smallest absolute Gasteiger partial charge is 0.339 e. The Morgan fingerprint density at radius 3 is 2.83 bits per heavy atom. The van der Waals surface area contributed by atoms with Gasteiger partial charge >= 0.3 is 5.97 Å². The number of rotatable bonds is 3. The average molecular weight is 167 g/mol. The van der Waals surface area contributed by atoms with E-state index in [2.05, 4.69) is 4.98 Å². The molecular weight excluding hydrogens is 158 g/mol. The molecular formula is C8H9NO3. The lowest BCUT2D eigenvalue weighted by molar-refractivity contribution is -0.149. The van der Waals surface area contributed by atoms with Crippen molar-refractivity contribution in [2.75, 3.05) is 7.11 Å². The molecule has 4 heteroatoms. The highest BCUT2D eigenvalue weighted by Gasteiger charge is 2.19. The fourth-order valence-electron chi connectivity index (χ4n) is 0.879. The molecule has 0 aliphatic rings. The van der Waals surface area contributed by atoms with E-state index in [4.69, 9.17) is 9.84 Å². The molecule has 1 N–H and O–H groups in total. The Kier molecular flexibility index (Phi) is 2.76. The highest BCUT2D eigenvalue weighted by Crippen LogP contribution is 2.12. The van der Waals surface area contributed by atoms with Gasteiger partial charge in [0.25, 0.3) is 0 Å². The van der Waals surface area contributed by atoms with Crippen LogP contribution in [0.5, 0.6) is 0 Å². The standard InChI is InChI=1S/C8H9NO3/c1-12-7(8(10)11)6-4-2-3-5-9-6/h2-5,7H,1H3,(H,10,11). The zero-order chi connectivity index (χ0) is 8.97. The highest BCUT2D eigenvalue weighted by atomic mass is 16.5. The number of nitrogens with zero attached hydrogens (tertiary/aromatic N) is 1. The molecule has 0 spiro atoms. The Labute approximate surface area is 69.8 Å². The normalized spacial score (nSPS) is 12.4. The van der Waals surface area contributed by atoms with Crippen LogP contribution in [0.1, 0.15) is 11.8 Å². The summed E-state index contributed by atoms with van der Waals surface area (Å²) in [4.78, 5) is 14.4. The molecule has 1 aromatic heterocycles. The van der Waals surface area contributed by atoms with Gasteiger partial charge in [0.1, 0.15) is 0 Å². The van der Waals surface area contributed by atoms with Gasteiger partial charge in [-0.15, -0.1) is 0 Å². The number of hydrogen-bond donors (Lipinski definition) is 1. The number of carbonyl (C=O) groups is 1. The lowest BCUT2D eigenvalue weighted by atomic mass is 10.2. The summed E-state index contributed by atoms with van der Waals surface area (Å²) in [5.41, 5.74) is 0.410. The lowest BCUT2D eigenvalue weighted by Gasteiger charge is -2.08. The summed E-state index contributed by atoms with van der Waals surface area (Å²) in [6.45, 7) is 0. The molecule has 1 heterocycles. The summed E-state index contributed by atoms with van der Waals surface area (Å²) in [6.07, 6.45) is 0.566. The van der Waals surface area contributed by atoms with Gasteiger partial charge in [0.2, 0.25) is 0 Å². The Morgan fingerprint density at radius 2 is 2.42 bits per heavy atom. The number of methoxy groups -OCH3 is 1. The van der Waals surface area contributed by atoms with Crippen molar-refractivity contribution in [1.29, 1.82) is 0 Å². The molecule has 0 bridgehead atoms. The van der Waals surface area contributed by atoms with Crippen molar-refractivity contribution >= 4 is 5.97 Å². The van der Waals surface area contributed by atoms with Crippen LogP contribution in [0.15, 0.2) is 24.4 Å².